The number of pyridine rings is 1. The third-order valence-corrected chi connectivity index (χ3v) is 3.70. The molecule has 1 aliphatic carbocycles. The van der Waals surface area contributed by atoms with E-state index in [4.69, 9.17) is 0 Å². The first-order valence-electron chi connectivity index (χ1n) is 7.23. The van der Waals surface area contributed by atoms with Gasteiger partial charge in [0, 0.05) is 12.6 Å². The van der Waals surface area contributed by atoms with Gasteiger partial charge in [-0.15, -0.1) is 0 Å². The summed E-state index contributed by atoms with van der Waals surface area (Å²) in [7, 11) is 0. The average molecular weight is 247 g/mol. The molecule has 3 nitrogen and oxygen atoms in total. The number of anilines is 2. The SMILES string of the molecule is CCCNc1cncc(NC2CCC(C)CC2)c1. The molecule has 18 heavy (non-hydrogen) atoms. The first-order chi connectivity index (χ1) is 8.78. The number of hydrogen-bond acceptors (Lipinski definition) is 3. The van der Waals surface area contributed by atoms with Crippen LogP contribution in [0.5, 0.6) is 0 Å². The van der Waals surface area contributed by atoms with Crippen molar-refractivity contribution < 1.29 is 0 Å². The molecule has 2 rings (SSSR count). The van der Waals surface area contributed by atoms with E-state index < -0.39 is 0 Å². The predicted octanol–water partition coefficient (Wildman–Crippen LogP) is 3.89. The number of aromatic nitrogens is 1. The summed E-state index contributed by atoms with van der Waals surface area (Å²) in [4.78, 5) is 4.29. The van der Waals surface area contributed by atoms with Crippen molar-refractivity contribution >= 4 is 11.4 Å². The predicted molar refractivity (Wildman–Crippen MR) is 78.1 cm³/mol. The molecule has 0 saturated heterocycles. The molecule has 1 fully saturated rings. The molecule has 0 aromatic carbocycles. The third kappa shape index (κ3) is 3.90. The molecule has 3 heteroatoms. The largest absolute Gasteiger partial charge is 0.384 e. The van der Waals surface area contributed by atoms with Gasteiger partial charge in [0.2, 0.25) is 0 Å². The van der Waals surface area contributed by atoms with Crippen LogP contribution in [0.15, 0.2) is 18.5 Å². The molecule has 0 atom stereocenters. The minimum absolute atomic E-state index is 0.629. The Kier molecular flexibility index (Phi) is 4.85. The van der Waals surface area contributed by atoms with Gasteiger partial charge in [-0.05, 0) is 44.1 Å². The summed E-state index contributed by atoms with van der Waals surface area (Å²) < 4.78 is 0. The summed E-state index contributed by atoms with van der Waals surface area (Å²) in [5.41, 5.74) is 2.27. The highest BCUT2D eigenvalue weighted by Crippen LogP contribution is 2.26. The van der Waals surface area contributed by atoms with Gasteiger partial charge in [-0.3, -0.25) is 4.98 Å². The van der Waals surface area contributed by atoms with Gasteiger partial charge >= 0.3 is 0 Å². The lowest BCUT2D eigenvalue weighted by atomic mass is 9.87. The van der Waals surface area contributed by atoms with Crippen LogP contribution in [0, 0.1) is 5.92 Å². The number of nitrogens with one attached hydrogen (secondary N) is 2. The van der Waals surface area contributed by atoms with Crippen molar-refractivity contribution in [1.82, 2.24) is 4.98 Å². The van der Waals surface area contributed by atoms with Gasteiger partial charge in [-0.25, -0.2) is 0 Å². The highest BCUT2D eigenvalue weighted by Gasteiger charge is 2.17. The lowest BCUT2D eigenvalue weighted by Crippen LogP contribution is -2.25. The van der Waals surface area contributed by atoms with Crippen molar-refractivity contribution in [2.45, 2.75) is 52.0 Å². The average Bonchev–Trinajstić information content (AvgIpc) is 2.40. The minimum Gasteiger partial charge on any atom is -0.384 e. The molecule has 1 aliphatic rings. The molecule has 1 aromatic rings. The van der Waals surface area contributed by atoms with Crippen LogP contribution in [0.4, 0.5) is 11.4 Å². The molecule has 0 unspecified atom stereocenters. The molecule has 0 spiro atoms. The smallest absolute Gasteiger partial charge is 0.0549 e. The van der Waals surface area contributed by atoms with Crippen LogP contribution >= 0.6 is 0 Å². The maximum atomic E-state index is 4.29. The lowest BCUT2D eigenvalue weighted by molar-refractivity contribution is 0.361. The Morgan fingerprint density at radius 1 is 1.17 bits per heavy atom. The second-order valence-electron chi connectivity index (χ2n) is 5.49. The third-order valence-electron chi connectivity index (χ3n) is 3.70. The van der Waals surface area contributed by atoms with Crippen molar-refractivity contribution in [3.05, 3.63) is 18.5 Å². The summed E-state index contributed by atoms with van der Waals surface area (Å²) >= 11 is 0. The fourth-order valence-corrected chi connectivity index (χ4v) is 2.53. The molecule has 0 bridgehead atoms. The second kappa shape index (κ2) is 6.62. The molecule has 100 valence electrons. The van der Waals surface area contributed by atoms with E-state index in [1.165, 1.54) is 25.7 Å². The van der Waals surface area contributed by atoms with Crippen LogP contribution in [-0.4, -0.2) is 17.6 Å². The zero-order valence-corrected chi connectivity index (χ0v) is 11.6. The normalized spacial score (nSPS) is 23.7. The summed E-state index contributed by atoms with van der Waals surface area (Å²) in [6.45, 7) is 5.53. The van der Waals surface area contributed by atoms with Gasteiger partial charge in [0.25, 0.3) is 0 Å². The Labute approximate surface area is 110 Å². The number of rotatable bonds is 5. The van der Waals surface area contributed by atoms with E-state index in [0.717, 1.165) is 30.3 Å². The first kappa shape index (κ1) is 13.2. The Morgan fingerprint density at radius 2 is 1.89 bits per heavy atom. The number of hydrogen-bond donors (Lipinski definition) is 2. The zero-order chi connectivity index (χ0) is 12.8. The molecular weight excluding hydrogens is 222 g/mol. The van der Waals surface area contributed by atoms with Crippen molar-refractivity contribution in [2.75, 3.05) is 17.2 Å². The Bertz CT molecular complexity index is 357. The Morgan fingerprint density at radius 3 is 2.61 bits per heavy atom. The van der Waals surface area contributed by atoms with Crippen LogP contribution < -0.4 is 10.6 Å². The molecule has 0 radical (unpaired) electrons. The van der Waals surface area contributed by atoms with Gasteiger partial charge < -0.3 is 10.6 Å². The first-order valence-corrected chi connectivity index (χ1v) is 7.23. The highest BCUT2D eigenvalue weighted by molar-refractivity contribution is 5.54. The van der Waals surface area contributed by atoms with E-state index in [1.807, 2.05) is 12.4 Å². The van der Waals surface area contributed by atoms with Crippen molar-refractivity contribution in [2.24, 2.45) is 5.92 Å². The van der Waals surface area contributed by atoms with E-state index in [0.29, 0.717) is 6.04 Å². The van der Waals surface area contributed by atoms with Gasteiger partial charge in [-0.1, -0.05) is 13.8 Å². The lowest BCUT2D eigenvalue weighted by Gasteiger charge is -2.27. The van der Waals surface area contributed by atoms with Gasteiger partial charge in [0.05, 0.1) is 23.8 Å². The van der Waals surface area contributed by atoms with Crippen molar-refractivity contribution in [3.8, 4) is 0 Å². The van der Waals surface area contributed by atoms with Crippen LogP contribution in [0.2, 0.25) is 0 Å². The van der Waals surface area contributed by atoms with Crippen LogP contribution in [-0.2, 0) is 0 Å². The Hall–Kier alpha value is -1.25. The zero-order valence-electron chi connectivity index (χ0n) is 11.6. The standard InChI is InChI=1S/C15H25N3/c1-3-8-17-14-9-15(11-16-10-14)18-13-6-4-12(2)5-7-13/h9-13,17-18H,3-8H2,1-2H3. The second-order valence-corrected chi connectivity index (χ2v) is 5.49. The summed E-state index contributed by atoms with van der Waals surface area (Å²) in [6.07, 6.45) is 10.2. The van der Waals surface area contributed by atoms with Crippen LogP contribution in [0.3, 0.4) is 0 Å². The number of nitrogens with zero attached hydrogens (tertiary/aromatic N) is 1. The van der Waals surface area contributed by atoms with E-state index in [9.17, 15) is 0 Å². The fourth-order valence-electron chi connectivity index (χ4n) is 2.53. The van der Waals surface area contributed by atoms with Gasteiger partial charge in [-0.2, -0.15) is 0 Å². The van der Waals surface area contributed by atoms with Crippen molar-refractivity contribution in [3.63, 3.8) is 0 Å². The monoisotopic (exact) mass is 247 g/mol. The fraction of sp³-hybridized carbons (Fsp3) is 0.667. The summed E-state index contributed by atoms with van der Waals surface area (Å²) in [6, 6.07) is 2.80. The Balaban J connectivity index is 1.88. The van der Waals surface area contributed by atoms with Crippen LogP contribution in [0.25, 0.3) is 0 Å². The van der Waals surface area contributed by atoms with Gasteiger partial charge in [0.15, 0.2) is 0 Å². The van der Waals surface area contributed by atoms with E-state index in [2.05, 4.69) is 35.5 Å². The van der Waals surface area contributed by atoms with E-state index in [-0.39, 0.29) is 0 Å². The molecule has 0 aliphatic heterocycles. The maximum Gasteiger partial charge on any atom is 0.0549 e. The summed E-state index contributed by atoms with van der Waals surface area (Å²) in [5.74, 6) is 0.902. The van der Waals surface area contributed by atoms with E-state index in [1.54, 1.807) is 0 Å². The van der Waals surface area contributed by atoms with Crippen molar-refractivity contribution in [1.29, 1.82) is 0 Å². The molecule has 2 N–H and O–H groups in total. The molecule has 1 heterocycles. The topological polar surface area (TPSA) is 37.0 Å². The maximum absolute atomic E-state index is 4.29. The summed E-state index contributed by atoms with van der Waals surface area (Å²) in [5, 5.41) is 6.99. The minimum atomic E-state index is 0.629. The molecule has 1 saturated carbocycles. The molecule has 1 aromatic heterocycles. The molecular formula is C15H25N3. The highest BCUT2D eigenvalue weighted by atomic mass is 14.9. The molecule has 0 amide bonds. The van der Waals surface area contributed by atoms with Gasteiger partial charge in [0.1, 0.15) is 0 Å². The van der Waals surface area contributed by atoms with E-state index >= 15 is 0 Å². The quantitative estimate of drug-likeness (QED) is 0.828. The van der Waals surface area contributed by atoms with Crippen LogP contribution in [0.1, 0.15) is 46.0 Å².